The molecular formula is C18H23ClN6O. The van der Waals surface area contributed by atoms with Gasteiger partial charge in [0.15, 0.2) is 0 Å². The molecule has 8 heteroatoms. The van der Waals surface area contributed by atoms with Gasteiger partial charge in [0.05, 0.1) is 0 Å². The molecule has 2 aromatic rings. The van der Waals surface area contributed by atoms with Gasteiger partial charge in [0.1, 0.15) is 5.82 Å². The number of hydrogen-bond acceptors (Lipinski definition) is 5. The Morgan fingerprint density at radius 3 is 2.38 bits per heavy atom. The second kappa shape index (κ2) is 7.78. The highest BCUT2D eigenvalue weighted by Gasteiger charge is 2.23. The summed E-state index contributed by atoms with van der Waals surface area (Å²) in [6, 6.07) is 8.95. The maximum absolute atomic E-state index is 12.4. The van der Waals surface area contributed by atoms with Crippen molar-refractivity contribution >= 4 is 35.1 Å². The molecule has 7 nitrogen and oxygen atoms in total. The number of carbonyl (C=O) groups is 1. The molecule has 0 saturated carbocycles. The zero-order valence-corrected chi connectivity index (χ0v) is 16.0. The second-order valence-electron chi connectivity index (χ2n) is 6.47. The van der Waals surface area contributed by atoms with Crippen LogP contribution in [0.4, 0.5) is 22.2 Å². The molecule has 1 N–H and O–H groups in total. The molecule has 1 aromatic carbocycles. The largest absolute Gasteiger partial charge is 0.363 e. The molecule has 0 aliphatic carbocycles. The van der Waals surface area contributed by atoms with Crippen LogP contribution in [0.2, 0.25) is 5.02 Å². The Labute approximate surface area is 158 Å². The molecule has 0 unspecified atom stereocenters. The number of rotatable bonds is 3. The quantitative estimate of drug-likeness (QED) is 0.894. The molecule has 1 saturated heterocycles. The van der Waals surface area contributed by atoms with E-state index in [9.17, 15) is 4.79 Å². The lowest BCUT2D eigenvalue weighted by atomic mass is 10.3. The smallest absolute Gasteiger partial charge is 0.321 e. The number of nitrogens with one attached hydrogen (secondary N) is 1. The minimum atomic E-state index is -0.105. The number of aryl methyl sites for hydroxylation is 1. The van der Waals surface area contributed by atoms with Gasteiger partial charge in [0, 0.05) is 62.7 Å². The lowest BCUT2D eigenvalue weighted by molar-refractivity contribution is 0.208. The zero-order valence-electron chi connectivity index (χ0n) is 15.2. The summed E-state index contributed by atoms with van der Waals surface area (Å²) in [5, 5.41) is 3.54. The van der Waals surface area contributed by atoms with Crippen molar-refractivity contribution in [2.45, 2.75) is 6.92 Å². The minimum absolute atomic E-state index is 0.105. The molecule has 1 aliphatic heterocycles. The first-order chi connectivity index (χ1) is 12.4. The summed E-state index contributed by atoms with van der Waals surface area (Å²) in [5.41, 5.74) is 1.67. The molecule has 2 amide bonds. The van der Waals surface area contributed by atoms with Crippen molar-refractivity contribution in [1.29, 1.82) is 0 Å². The van der Waals surface area contributed by atoms with Gasteiger partial charge in [-0.05, 0) is 31.2 Å². The number of anilines is 3. The van der Waals surface area contributed by atoms with Crippen molar-refractivity contribution in [3.8, 4) is 0 Å². The molecule has 138 valence electrons. The van der Waals surface area contributed by atoms with E-state index in [1.807, 2.05) is 32.0 Å². The van der Waals surface area contributed by atoms with E-state index < -0.39 is 0 Å². The molecule has 2 heterocycles. The number of benzene rings is 1. The summed E-state index contributed by atoms with van der Waals surface area (Å²) < 4.78 is 0. The SMILES string of the molecule is Cc1cc(N(C)C)nc(N2CCN(C(=O)Nc3ccc(Cl)cc3)CC2)n1. The number of hydrogen-bond donors (Lipinski definition) is 1. The minimum Gasteiger partial charge on any atom is -0.363 e. The number of nitrogens with zero attached hydrogens (tertiary/aromatic N) is 5. The average molecular weight is 375 g/mol. The first-order valence-electron chi connectivity index (χ1n) is 8.52. The van der Waals surface area contributed by atoms with Crippen LogP contribution in [0.1, 0.15) is 5.69 Å². The van der Waals surface area contributed by atoms with Gasteiger partial charge in [0.25, 0.3) is 0 Å². The summed E-state index contributed by atoms with van der Waals surface area (Å²) in [7, 11) is 3.93. The summed E-state index contributed by atoms with van der Waals surface area (Å²) in [5.74, 6) is 1.60. The lowest BCUT2D eigenvalue weighted by Crippen LogP contribution is -2.50. The molecular weight excluding hydrogens is 352 g/mol. The van der Waals surface area contributed by atoms with Crippen LogP contribution in [0, 0.1) is 6.92 Å². The number of piperazine rings is 1. The van der Waals surface area contributed by atoms with Gasteiger partial charge in [-0.1, -0.05) is 11.6 Å². The Kier molecular flexibility index (Phi) is 5.46. The van der Waals surface area contributed by atoms with E-state index in [4.69, 9.17) is 11.6 Å². The van der Waals surface area contributed by atoms with E-state index in [0.717, 1.165) is 17.2 Å². The van der Waals surface area contributed by atoms with Gasteiger partial charge in [0.2, 0.25) is 5.95 Å². The number of urea groups is 1. The third kappa shape index (κ3) is 4.35. The summed E-state index contributed by atoms with van der Waals surface area (Å²) >= 11 is 5.87. The van der Waals surface area contributed by atoms with Crippen LogP contribution >= 0.6 is 11.6 Å². The number of aromatic nitrogens is 2. The first-order valence-corrected chi connectivity index (χ1v) is 8.89. The van der Waals surface area contributed by atoms with Crippen molar-refractivity contribution < 1.29 is 4.79 Å². The molecule has 26 heavy (non-hydrogen) atoms. The Balaban J connectivity index is 1.60. The average Bonchev–Trinajstić information content (AvgIpc) is 2.63. The van der Waals surface area contributed by atoms with Crippen LogP contribution in [-0.2, 0) is 0 Å². The monoisotopic (exact) mass is 374 g/mol. The maximum Gasteiger partial charge on any atom is 0.321 e. The van der Waals surface area contributed by atoms with Gasteiger partial charge in [-0.15, -0.1) is 0 Å². The van der Waals surface area contributed by atoms with E-state index in [0.29, 0.717) is 37.1 Å². The van der Waals surface area contributed by atoms with Crippen molar-refractivity contribution in [2.24, 2.45) is 0 Å². The van der Waals surface area contributed by atoms with Crippen LogP contribution in [-0.4, -0.2) is 61.2 Å². The van der Waals surface area contributed by atoms with Crippen molar-refractivity contribution in [1.82, 2.24) is 14.9 Å². The van der Waals surface area contributed by atoms with E-state index >= 15 is 0 Å². The Morgan fingerprint density at radius 2 is 1.77 bits per heavy atom. The predicted octanol–water partition coefficient (Wildman–Crippen LogP) is 2.86. The molecule has 1 aliphatic rings. The van der Waals surface area contributed by atoms with Gasteiger partial charge < -0.3 is 20.0 Å². The highest BCUT2D eigenvalue weighted by molar-refractivity contribution is 6.30. The fraction of sp³-hybridized carbons (Fsp3) is 0.389. The Morgan fingerprint density at radius 1 is 1.12 bits per heavy atom. The third-order valence-electron chi connectivity index (χ3n) is 4.23. The normalized spacial score (nSPS) is 14.3. The molecule has 1 fully saturated rings. The summed E-state index contributed by atoms with van der Waals surface area (Å²) in [6.45, 7) is 4.60. The fourth-order valence-electron chi connectivity index (χ4n) is 2.75. The summed E-state index contributed by atoms with van der Waals surface area (Å²) in [4.78, 5) is 27.5. The van der Waals surface area contributed by atoms with E-state index in [2.05, 4.69) is 20.2 Å². The van der Waals surface area contributed by atoms with E-state index in [-0.39, 0.29) is 6.03 Å². The van der Waals surface area contributed by atoms with Crippen LogP contribution in [0.5, 0.6) is 0 Å². The number of amides is 2. The zero-order chi connectivity index (χ0) is 18.7. The fourth-order valence-corrected chi connectivity index (χ4v) is 2.88. The molecule has 3 rings (SSSR count). The number of carbonyl (C=O) groups excluding carboxylic acids is 1. The second-order valence-corrected chi connectivity index (χ2v) is 6.91. The van der Waals surface area contributed by atoms with Crippen molar-refractivity contribution in [3.05, 3.63) is 41.0 Å². The van der Waals surface area contributed by atoms with Gasteiger partial charge in [-0.2, -0.15) is 4.98 Å². The molecule has 0 bridgehead atoms. The standard InChI is InChI=1S/C18H23ClN6O/c1-13-12-16(23(2)3)22-17(20-13)24-8-10-25(11-9-24)18(26)21-15-6-4-14(19)5-7-15/h4-7,12H,8-11H2,1-3H3,(H,21,26). The first kappa shape index (κ1) is 18.3. The van der Waals surface area contributed by atoms with Crippen molar-refractivity contribution in [3.63, 3.8) is 0 Å². The molecule has 1 aromatic heterocycles. The van der Waals surface area contributed by atoms with Crippen LogP contribution < -0.4 is 15.1 Å². The molecule has 0 spiro atoms. The van der Waals surface area contributed by atoms with E-state index in [1.54, 1.807) is 29.2 Å². The topological polar surface area (TPSA) is 64.6 Å². The Hall–Kier alpha value is -2.54. The summed E-state index contributed by atoms with van der Waals surface area (Å²) in [6.07, 6.45) is 0. The number of halogens is 1. The highest BCUT2D eigenvalue weighted by atomic mass is 35.5. The van der Waals surface area contributed by atoms with Crippen LogP contribution in [0.25, 0.3) is 0 Å². The van der Waals surface area contributed by atoms with Gasteiger partial charge in [-0.3, -0.25) is 0 Å². The molecule has 0 atom stereocenters. The van der Waals surface area contributed by atoms with Gasteiger partial charge >= 0.3 is 6.03 Å². The van der Waals surface area contributed by atoms with Crippen LogP contribution in [0.3, 0.4) is 0 Å². The predicted molar refractivity (Wildman–Crippen MR) is 105 cm³/mol. The third-order valence-corrected chi connectivity index (χ3v) is 4.48. The van der Waals surface area contributed by atoms with Crippen molar-refractivity contribution in [2.75, 3.05) is 55.4 Å². The van der Waals surface area contributed by atoms with Crippen LogP contribution in [0.15, 0.2) is 30.3 Å². The molecule has 0 radical (unpaired) electrons. The Bertz CT molecular complexity index is 772. The van der Waals surface area contributed by atoms with Gasteiger partial charge in [-0.25, -0.2) is 9.78 Å². The maximum atomic E-state index is 12.4. The lowest BCUT2D eigenvalue weighted by Gasteiger charge is -2.35. The van der Waals surface area contributed by atoms with E-state index in [1.165, 1.54) is 0 Å². The highest BCUT2D eigenvalue weighted by Crippen LogP contribution is 2.18.